The van der Waals surface area contributed by atoms with Gasteiger partial charge in [-0.05, 0) is 49.2 Å². The molecule has 2 aromatic rings. The number of aryl methyl sites for hydroxylation is 1. The van der Waals surface area contributed by atoms with Crippen LogP contribution in [0, 0.1) is 19.7 Å². The Labute approximate surface area is 116 Å². The van der Waals surface area contributed by atoms with Crippen LogP contribution in [0.2, 0.25) is 0 Å². The number of phenolic OH excluding ortho intramolecular Hbond substituents is 1. The summed E-state index contributed by atoms with van der Waals surface area (Å²) in [5.41, 5.74) is 8.38. The van der Waals surface area contributed by atoms with Gasteiger partial charge in [0.1, 0.15) is 11.6 Å². The van der Waals surface area contributed by atoms with Crippen LogP contribution in [0.1, 0.15) is 21.5 Å². The number of amides is 1. The Balaban J connectivity index is 2.38. The summed E-state index contributed by atoms with van der Waals surface area (Å²) >= 11 is 0. The number of carbonyl (C=O) groups excluding carboxylic acids is 1. The van der Waals surface area contributed by atoms with Gasteiger partial charge in [0.25, 0.3) is 5.91 Å². The third-order valence-electron chi connectivity index (χ3n) is 3.21. The van der Waals surface area contributed by atoms with E-state index >= 15 is 0 Å². The lowest BCUT2D eigenvalue weighted by Gasteiger charge is -2.14. The smallest absolute Gasteiger partial charge is 0.259 e. The van der Waals surface area contributed by atoms with Crippen molar-refractivity contribution in [3.05, 3.63) is 52.8 Å². The topological polar surface area (TPSA) is 75.3 Å². The monoisotopic (exact) mass is 274 g/mol. The van der Waals surface area contributed by atoms with E-state index in [0.717, 1.165) is 29.3 Å². The molecule has 20 heavy (non-hydrogen) atoms. The van der Waals surface area contributed by atoms with E-state index in [-0.39, 0.29) is 11.3 Å². The lowest BCUT2D eigenvalue weighted by molar-refractivity contribution is 0.102. The molecule has 4 nitrogen and oxygen atoms in total. The third-order valence-corrected chi connectivity index (χ3v) is 3.21. The van der Waals surface area contributed by atoms with Crippen LogP contribution in [0.15, 0.2) is 30.3 Å². The fourth-order valence-corrected chi connectivity index (χ4v) is 1.87. The van der Waals surface area contributed by atoms with E-state index in [1.165, 1.54) is 0 Å². The van der Waals surface area contributed by atoms with Crippen LogP contribution in [-0.2, 0) is 0 Å². The van der Waals surface area contributed by atoms with Gasteiger partial charge in [-0.15, -0.1) is 0 Å². The summed E-state index contributed by atoms with van der Waals surface area (Å²) in [6.45, 7) is 3.72. The number of hydrogen-bond acceptors (Lipinski definition) is 3. The summed E-state index contributed by atoms with van der Waals surface area (Å²) in [5, 5.41) is 12.2. The Hall–Kier alpha value is -2.56. The van der Waals surface area contributed by atoms with E-state index in [9.17, 15) is 14.3 Å². The van der Waals surface area contributed by atoms with Gasteiger partial charge in [0.2, 0.25) is 0 Å². The van der Waals surface area contributed by atoms with Gasteiger partial charge in [-0.1, -0.05) is 6.07 Å². The van der Waals surface area contributed by atoms with Gasteiger partial charge in [-0.25, -0.2) is 4.39 Å². The van der Waals surface area contributed by atoms with Gasteiger partial charge in [0.05, 0.1) is 16.9 Å². The highest BCUT2D eigenvalue weighted by Crippen LogP contribution is 2.27. The van der Waals surface area contributed by atoms with Crippen molar-refractivity contribution >= 4 is 17.3 Å². The van der Waals surface area contributed by atoms with E-state index < -0.39 is 11.7 Å². The fourth-order valence-electron chi connectivity index (χ4n) is 1.87. The second-order valence-corrected chi connectivity index (χ2v) is 4.59. The normalized spacial score (nSPS) is 10.3. The summed E-state index contributed by atoms with van der Waals surface area (Å²) in [6.07, 6.45) is 0. The zero-order chi connectivity index (χ0) is 14.9. The van der Waals surface area contributed by atoms with E-state index in [1.807, 2.05) is 19.9 Å². The van der Waals surface area contributed by atoms with Gasteiger partial charge >= 0.3 is 0 Å². The maximum atomic E-state index is 13.2. The highest BCUT2D eigenvalue weighted by Gasteiger charge is 2.15. The first-order valence-corrected chi connectivity index (χ1v) is 6.05. The molecule has 0 aliphatic heterocycles. The number of nitrogens with one attached hydrogen (secondary N) is 1. The predicted octanol–water partition coefficient (Wildman–Crippen LogP) is 2.98. The number of nitrogens with two attached hydrogens (primary N) is 1. The summed E-state index contributed by atoms with van der Waals surface area (Å²) in [7, 11) is 0. The van der Waals surface area contributed by atoms with Crippen molar-refractivity contribution in [2.24, 2.45) is 0 Å². The van der Waals surface area contributed by atoms with Gasteiger partial charge < -0.3 is 16.2 Å². The van der Waals surface area contributed by atoms with Crippen LogP contribution in [0.25, 0.3) is 0 Å². The van der Waals surface area contributed by atoms with Crippen molar-refractivity contribution in [2.75, 3.05) is 11.1 Å². The van der Waals surface area contributed by atoms with Crippen molar-refractivity contribution in [3.8, 4) is 5.75 Å². The first kappa shape index (κ1) is 13.9. The molecular weight excluding hydrogens is 259 g/mol. The first-order chi connectivity index (χ1) is 9.40. The molecule has 0 fully saturated rings. The second-order valence-electron chi connectivity index (χ2n) is 4.59. The van der Waals surface area contributed by atoms with Gasteiger partial charge in [0, 0.05) is 0 Å². The van der Waals surface area contributed by atoms with Crippen molar-refractivity contribution in [1.82, 2.24) is 0 Å². The number of benzene rings is 2. The van der Waals surface area contributed by atoms with Crippen LogP contribution in [0.4, 0.5) is 15.8 Å². The molecule has 5 heteroatoms. The minimum absolute atomic E-state index is 0.134. The van der Waals surface area contributed by atoms with Crippen molar-refractivity contribution in [2.45, 2.75) is 13.8 Å². The number of halogens is 1. The molecule has 104 valence electrons. The molecule has 2 rings (SSSR count). The lowest BCUT2D eigenvalue weighted by atomic mass is 10.1. The molecule has 0 aromatic heterocycles. The molecule has 0 saturated heterocycles. The van der Waals surface area contributed by atoms with Crippen LogP contribution in [0.3, 0.4) is 0 Å². The molecule has 4 N–H and O–H groups in total. The molecule has 0 spiro atoms. The summed E-state index contributed by atoms with van der Waals surface area (Å²) in [5.74, 6) is -1.49. The van der Waals surface area contributed by atoms with Crippen LogP contribution in [-0.4, -0.2) is 11.0 Å². The Morgan fingerprint density at radius 2 is 1.95 bits per heavy atom. The third kappa shape index (κ3) is 2.56. The van der Waals surface area contributed by atoms with Crippen LogP contribution >= 0.6 is 0 Å². The largest absolute Gasteiger partial charge is 0.507 e. The molecule has 2 aromatic carbocycles. The van der Waals surface area contributed by atoms with Crippen molar-refractivity contribution in [3.63, 3.8) is 0 Å². The number of carbonyl (C=O) groups is 1. The molecule has 0 unspecified atom stereocenters. The molecule has 0 atom stereocenters. The average molecular weight is 274 g/mol. The summed E-state index contributed by atoms with van der Waals surface area (Å²) in [6, 6.07) is 6.73. The Morgan fingerprint density at radius 1 is 1.25 bits per heavy atom. The Kier molecular flexibility index (Phi) is 3.61. The number of hydrogen-bond donors (Lipinski definition) is 3. The molecule has 0 bridgehead atoms. The predicted molar refractivity (Wildman–Crippen MR) is 76.3 cm³/mol. The highest BCUT2D eigenvalue weighted by atomic mass is 19.1. The van der Waals surface area contributed by atoms with E-state index in [2.05, 4.69) is 5.32 Å². The zero-order valence-corrected chi connectivity index (χ0v) is 11.2. The van der Waals surface area contributed by atoms with Crippen LogP contribution in [0.5, 0.6) is 5.75 Å². The zero-order valence-electron chi connectivity index (χ0n) is 11.2. The quantitative estimate of drug-likeness (QED) is 0.737. The lowest BCUT2D eigenvalue weighted by Crippen LogP contribution is -2.15. The number of phenols is 1. The Bertz CT molecular complexity index is 684. The summed E-state index contributed by atoms with van der Waals surface area (Å²) in [4.78, 5) is 12.1. The van der Waals surface area contributed by atoms with Gasteiger partial charge in [0.15, 0.2) is 0 Å². The molecule has 0 aliphatic rings. The number of anilines is 2. The van der Waals surface area contributed by atoms with E-state index in [1.54, 1.807) is 6.07 Å². The Morgan fingerprint density at radius 3 is 2.65 bits per heavy atom. The maximum absolute atomic E-state index is 13.2. The average Bonchev–Trinajstić information content (AvgIpc) is 2.41. The number of rotatable bonds is 2. The molecule has 0 aliphatic carbocycles. The minimum atomic E-state index is -0.609. The molecule has 0 radical (unpaired) electrons. The van der Waals surface area contributed by atoms with Gasteiger partial charge in [-0.2, -0.15) is 0 Å². The van der Waals surface area contributed by atoms with E-state index in [4.69, 9.17) is 5.73 Å². The fraction of sp³-hybridized carbons (Fsp3) is 0.133. The molecule has 0 saturated carbocycles. The van der Waals surface area contributed by atoms with E-state index in [0.29, 0.717) is 11.4 Å². The maximum Gasteiger partial charge on any atom is 0.259 e. The molecule has 1 amide bonds. The second kappa shape index (κ2) is 5.21. The molecule has 0 heterocycles. The first-order valence-electron chi connectivity index (χ1n) is 6.05. The highest BCUT2D eigenvalue weighted by molar-refractivity contribution is 6.08. The SMILES string of the molecule is Cc1ccc(N)c(NC(=O)c2cc(F)ccc2O)c1C. The van der Waals surface area contributed by atoms with Crippen molar-refractivity contribution < 1.29 is 14.3 Å². The van der Waals surface area contributed by atoms with Crippen LogP contribution < -0.4 is 11.1 Å². The number of nitrogen functional groups attached to an aromatic ring is 1. The van der Waals surface area contributed by atoms with Crippen molar-refractivity contribution in [1.29, 1.82) is 0 Å². The van der Waals surface area contributed by atoms with Gasteiger partial charge in [-0.3, -0.25) is 4.79 Å². The summed E-state index contributed by atoms with van der Waals surface area (Å²) < 4.78 is 13.2. The standard InChI is InChI=1S/C15H15FN2O2/c1-8-3-5-12(17)14(9(8)2)18-15(20)11-7-10(16)4-6-13(11)19/h3-7,19H,17H2,1-2H3,(H,18,20). The molecular formula is C15H15FN2O2. The number of aromatic hydroxyl groups is 1. The minimum Gasteiger partial charge on any atom is -0.507 e.